The van der Waals surface area contributed by atoms with Crippen molar-refractivity contribution in [1.82, 2.24) is 4.90 Å². The molecule has 0 aliphatic carbocycles. The summed E-state index contributed by atoms with van der Waals surface area (Å²) in [7, 11) is 0. The second kappa shape index (κ2) is 5.11. The Labute approximate surface area is 82.6 Å². The van der Waals surface area contributed by atoms with Crippen molar-refractivity contribution in [3.8, 4) is 0 Å². The average molecular weight is 204 g/mol. The van der Waals surface area contributed by atoms with Crippen LogP contribution in [0.2, 0.25) is 0 Å². The first kappa shape index (κ1) is 11.2. The molecule has 0 spiro atoms. The summed E-state index contributed by atoms with van der Waals surface area (Å²) >= 11 is 0. The van der Waals surface area contributed by atoms with Gasteiger partial charge in [-0.1, -0.05) is 0 Å². The Kier molecular flexibility index (Phi) is 4.09. The maximum Gasteiger partial charge on any atom is 0.294 e. The summed E-state index contributed by atoms with van der Waals surface area (Å²) in [6.07, 6.45) is 0.708. The van der Waals surface area contributed by atoms with Crippen molar-refractivity contribution < 1.29 is 15.0 Å². The first-order chi connectivity index (χ1) is 6.58. The van der Waals surface area contributed by atoms with E-state index < -0.39 is 5.09 Å². The van der Waals surface area contributed by atoms with Crippen LogP contribution < -0.4 is 0 Å². The molecule has 1 N–H and O–H groups in total. The van der Waals surface area contributed by atoms with Gasteiger partial charge in [0.05, 0.1) is 6.10 Å². The Morgan fingerprint density at radius 1 is 1.64 bits per heavy atom. The van der Waals surface area contributed by atoms with Crippen LogP contribution >= 0.6 is 0 Å². The van der Waals surface area contributed by atoms with E-state index in [1.807, 2.05) is 0 Å². The molecule has 0 bridgehead atoms. The smallest absolute Gasteiger partial charge is 0.294 e. The maximum absolute atomic E-state index is 10.1. The van der Waals surface area contributed by atoms with Gasteiger partial charge in [-0.25, -0.2) is 0 Å². The fourth-order valence-electron chi connectivity index (χ4n) is 1.69. The van der Waals surface area contributed by atoms with Crippen molar-refractivity contribution in [2.45, 2.75) is 32.0 Å². The normalized spacial score (nSPS) is 21.9. The van der Waals surface area contributed by atoms with Crippen LogP contribution in [0, 0.1) is 10.1 Å². The quantitative estimate of drug-likeness (QED) is 0.517. The third kappa shape index (κ3) is 3.89. The number of rotatable bonds is 4. The average Bonchev–Trinajstić information content (AvgIpc) is 2.06. The second-order valence-electron chi connectivity index (χ2n) is 3.68. The molecule has 6 heteroatoms. The molecule has 1 fully saturated rings. The van der Waals surface area contributed by atoms with E-state index in [-0.39, 0.29) is 12.2 Å². The number of aliphatic hydroxyl groups excluding tert-OH is 1. The summed E-state index contributed by atoms with van der Waals surface area (Å²) in [6.45, 7) is 3.87. The predicted octanol–water partition coefficient (Wildman–Crippen LogP) is 0.0399. The van der Waals surface area contributed by atoms with Crippen LogP contribution in [0.15, 0.2) is 0 Å². The molecule has 1 rings (SSSR count). The van der Waals surface area contributed by atoms with Gasteiger partial charge in [-0.2, -0.15) is 0 Å². The number of hydrogen-bond donors (Lipinski definition) is 1. The molecule has 82 valence electrons. The second-order valence-corrected chi connectivity index (χ2v) is 3.68. The molecular formula is C8H16N2O4. The van der Waals surface area contributed by atoms with E-state index in [0.29, 0.717) is 19.4 Å². The summed E-state index contributed by atoms with van der Waals surface area (Å²) in [4.78, 5) is 16.6. The molecule has 6 nitrogen and oxygen atoms in total. The van der Waals surface area contributed by atoms with Crippen molar-refractivity contribution in [3.63, 3.8) is 0 Å². The van der Waals surface area contributed by atoms with Crippen molar-refractivity contribution in [2.75, 3.05) is 19.6 Å². The number of piperidine rings is 1. The van der Waals surface area contributed by atoms with E-state index in [1.165, 1.54) is 0 Å². The monoisotopic (exact) mass is 204 g/mol. The molecule has 0 aromatic rings. The minimum absolute atomic E-state index is 0.268. The van der Waals surface area contributed by atoms with E-state index in [9.17, 15) is 10.1 Å². The van der Waals surface area contributed by atoms with Crippen LogP contribution in [0.4, 0.5) is 0 Å². The van der Waals surface area contributed by atoms with Crippen molar-refractivity contribution in [3.05, 3.63) is 10.1 Å². The molecule has 1 atom stereocenters. The minimum Gasteiger partial charge on any atom is -0.392 e. The van der Waals surface area contributed by atoms with Crippen LogP contribution in [0.1, 0.15) is 19.8 Å². The van der Waals surface area contributed by atoms with E-state index in [4.69, 9.17) is 5.11 Å². The molecule has 0 amide bonds. The fraction of sp³-hybridized carbons (Fsp3) is 1.00. The Bertz CT molecular complexity index is 190. The lowest BCUT2D eigenvalue weighted by Crippen LogP contribution is -2.40. The zero-order valence-corrected chi connectivity index (χ0v) is 8.26. The van der Waals surface area contributed by atoms with Gasteiger partial charge in [0.15, 0.2) is 0 Å². The SMILES string of the molecule is CC(O)CN1CCC(O[N+](=O)[O-])CC1. The van der Waals surface area contributed by atoms with Crippen molar-refractivity contribution in [1.29, 1.82) is 0 Å². The minimum atomic E-state index is -0.727. The standard InChI is InChI=1S/C8H16N2O4/c1-7(11)6-9-4-2-8(3-5-9)14-10(12)13/h7-8,11H,2-6H2,1H3. The van der Waals surface area contributed by atoms with Crippen LogP contribution in [-0.4, -0.2) is 46.9 Å². The molecule has 1 saturated heterocycles. The first-order valence-corrected chi connectivity index (χ1v) is 4.79. The van der Waals surface area contributed by atoms with Crippen molar-refractivity contribution >= 4 is 0 Å². The number of hydrogen-bond acceptors (Lipinski definition) is 5. The summed E-state index contributed by atoms with van der Waals surface area (Å²) in [5.74, 6) is 0. The van der Waals surface area contributed by atoms with Gasteiger partial charge in [-0.05, 0) is 19.8 Å². The lowest BCUT2D eigenvalue weighted by molar-refractivity contribution is -0.769. The number of aliphatic hydroxyl groups is 1. The highest BCUT2D eigenvalue weighted by molar-refractivity contribution is 4.72. The lowest BCUT2D eigenvalue weighted by atomic mass is 10.1. The topological polar surface area (TPSA) is 75.8 Å². The Morgan fingerprint density at radius 3 is 2.64 bits per heavy atom. The van der Waals surface area contributed by atoms with Gasteiger partial charge >= 0.3 is 0 Å². The largest absolute Gasteiger partial charge is 0.392 e. The molecule has 1 aliphatic heterocycles. The maximum atomic E-state index is 10.1. The van der Waals surface area contributed by atoms with Gasteiger partial charge in [0, 0.05) is 19.6 Å². The third-order valence-corrected chi connectivity index (χ3v) is 2.29. The summed E-state index contributed by atoms with van der Waals surface area (Å²) in [6, 6.07) is 0. The molecule has 0 radical (unpaired) electrons. The van der Waals surface area contributed by atoms with E-state index >= 15 is 0 Å². The fourth-order valence-corrected chi connectivity index (χ4v) is 1.69. The van der Waals surface area contributed by atoms with Crippen molar-refractivity contribution in [2.24, 2.45) is 0 Å². The van der Waals surface area contributed by atoms with Gasteiger partial charge in [0.2, 0.25) is 0 Å². The summed E-state index contributed by atoms with van der Waals surface area (Å²) < 4.78 is 0. The number of nitrogens with zero attached hydrogens (tertiary/aromatic N) is 2. The Hall–Kier alpha value is -0.880. The molecule has 14 heavy (non-hydrogen) atoms. The van der Waals surface area contributed by atoms with Crippen LogP contribution in [0.3, 0.4) is 0 Å². The highest BCUT2D eigenvalue weighted by Gasteiger charge is 2.22. The zero-order valence-electron chi connectivity index (χ0n) is 8.26. The van der Waals surface area contributed by atoms with E-state index in [2.05, 4.69) is 9.74 Å². The van der Waals surface area contributed by atoms with Gasteiger partial charge in [0.1, 0.15) is 6.10 Å². The summed E-state index contributed by atoms with van der Waals surface area (Å²) in [5, 5.41) is 18.5. The third-order valence-electron chi connectivity index (χ3n) is 2.29. The molecule has 1 heterocycles. The Morgan fingerprint density at radius 2 is 2.21 bits per heavy atom. The number of β-amino-alcohol motifs (C(OH)–C–C–N with tert-alkyl or cyclic N) is 1. The van der Waals surface area contributed by atoms with Crippen LogP contribution in [0.5, 0.6) is 0 Å². The number of likely N-dealkylation sites (tertiary alicyclic amines) is 1. The Balaban J connectivity index is 2.21. The predicted molar refractivity (Wildman–Crippen MR) is 49.2 cm³/mol. The van der Waals surface area contributed by atoms with Gasteiger partial charge in [0.25, 0.3) is 5.09 Å². The van der Waals surface area contributed by atoms with E-state index in [0.717, 1.165) is 13.1 Å². The van der Waals surface area contributed by atoms with Crippen LogP contribution in [0.25, 0.3) is 0 Å². The molecule has 1 unspecified atom stereocenters. The highest BCUT2D eigenvalue weighted by Crippen LogP contribution is 2.13. The highest BCUT2D eigenvalue weighted by atomic mass is 17.0. The molecule has 0 saturated carbocycles. The summed E-state index contributed by atoms with van der Waals surface area (Å²) in [5.41, 5.74) is 0. The first-order valence-electron chi connectivity index (χ1n) is 4.79. The van der Waals surface area contributed by atoms with Crippen LogP contribution in [-0.2, 0) is 4.84 Å². The molecule has 0 aromatic heterocycles. The van der Waals surface area contributed by atoms with Gasteiger partial charge in [-0.3, -0.25) is 0 Å². The lowest BCUT2D eigenvalue weighted by Gasteiger charge is -2.31. The molecule has 1 aliphatic rings. The molecule has 0 aromatic carbocycles. The van der Waals surface area contributed by atoms with Gasteiger partial charge in [-0.15, -0.1) is 10.1 Å². The zero-order chi connectivity index (χ0) is 10.6. The van der Waals surface area contributed by atoms with E-state index in [1.54, 1.807) is 6.92 Å². The molecular weight excluding hydrogens is 188 g/mol. The van der Waals surface area contributed by atoms with Gasteiger partial charge < -0.3 is 14.8 Å².